The minimum atomic E-state index is -4.21. The SMILES string of the molecule is CCCCCCCCCCCCCCCCCCOCCOP(=O)(OC[C@H]1O[C@@](C)(c2ccc3c(N)ncnn23)[C@@H]2OC(C)(C)O[C@@H]21)Oc1ccccc1Cl. The van der Waals surface area contributed by atoms with Gasteiger partial charge in [0.25, 0.3) is 0 Å². The third kappa shape index (κ3) is 12.6. The van der Waals surface area contributed by atoms with Crippen LogP contribution in [-0.4, -0.2) is 65.1 Å². The lowest BCUT2D eigenvalue weighted by Crippen LogP contribution is -2.39. The van der Waals surface area contributed by atoms with E-state index in [4.69, 9.17) is 49.9 Å². The fourth-order valence-corrected chi connectivity index (χ4v) is 8.99. The Morgan fingerprint density at radius 1 is 0.800 bits per heavy atom. The molecule has 4 heterocycles. The number of ether oxygens (including phenoxy) is 4. The van der Waals surface area contributed by atoms with Crippen molar-refractivity contribution in [2.45, 2.75) is 160 Å². The number of phosphoric ester groups is 1. The second-order valence-electron chi connectivity index (χ2n) is 15.5. The molecule has 1 aromatic carbocycles. The number of hydrogen-bond acceptors (Lipinski definition) is 11. The minimum absolute atomic E-state index is 0.000204. The van der Waals surface area contributed by atoms with Crippen molar-refractivity contribution in [1.29, 1.82) is 0 Å². The number of hydrogen-bond donors (Lipinski definition) is 1. The molecule has 2 N–H and O–H groups in total. The number of fused-ring (bicyclic) bond motifs is 2. The number of rotatable bonds is 27. The Labute approximate surface area is 333 Å². The molecule has 308 valence electrons. The molecule has 2 saturated heterocycles. The number of anilines is 1. The maximum Gasteiger partial charge on any atom is 0.530 e. The van der Waals surface area contributed by atoms with E-state index >= 15 is 0 Å². The fraction of sp³-hybridized carbons (Fsp3) is 0.707. The first-order valence-corrected chi connectivity index (χ1v) is 22.4. The standard InChI is InChI=1S/C41H64ClN4O8P/c1-5-6-7-8-9-10-11-12-13-14-15-16-17-18-19-22-27-48-28-29-49-55(47,54-34-24-21-20-23-32(34)42)50-30-35-37-38(53-40(2,3)52-37)41(4,51-35)36-26-25-33-39(43)44-31-45-46(33)36/h20-21,23-26,31,35,37-38H,5-19,22,27-30H2,1-4H3,(H2,43,44,45)/t35-,37-,38-,41+,55?/m1/s1. The predicted octanol–water partition coefficient (Wildman–Crippen LogP) is 10.6. The van der Waals surface area contributed by atoms with Gasteiger partial charge in [0.1, 0.15) is 41.5 Å². The van der Waals surface area contributed by atoms with E-state index < -0.39 is 37.5 Å². The zero-order chi connectivity index (χ0) is 39.2. The van der Waals surface area contributed by atoms with E-state index in [-0.39, 0.29) is 30.6 Å². The Hall–Kier alpha value is -2.28. The molecular weight excluding hydrogens is 743 g/mol. The van der Waals surface area contributed by atoms with Crippen molar-refractivity contribution in [2.24, 2.45) is 0 Å². The summed E-state index contributed by atoms with van der Waals surface area (Å²) in [5.74, 6) is -0.389. The van der Waals surface area contributed by atoms with Crippen molar-refractivity contribution in [2.75, 3.05) is 32.2 Å². The highest BCUT2D eigenvalue weighted by molar-refractivity contribution is 7.48. The van der Waals surface area contributed by atoms with E-state index in [1.807, 2.05) is 32.9 Å². The summed E-state index contributed by atoms with van der Waals surface area (Å²) >= 11 is 6.37. The first-order chi connectivity index (χ1) is 26.6. The summed E-state index contributed by atoms with van der Waals surface area (Å²) in [5, 5.41) is 4.69. The number of halogens is 1. The summed E-state index contributed by atoms with van der Waals surface area (Å²) < 4.78 is 58.6. The normalized spacial score (nSPS) is 23.0. The molecule has 5 atom stereocenters. The number of nitrogens with zero attached hydrogens (tertiary/aromatic N) is 3. The van der Waals surface area contributed by atoms with Gasteiger partial charge < -0.3 is 29.2 Å². The maximum atomic E-state index is 14.2. The zero-order valence-corrected chi connectivity index (χ0v) is 35.1. The van der Waals surface area contributed by atoms with Gasteiger partial charge in [-0.05, 0) is 51.5 Å². The summed E-state index contributed by atoms with van der Waals surface area (Å²) in [6.07, 6.45) is 20.7. The van der Waals surface area contributed by atoms with E-state index in [1.165, 1.54) is 96.2 Å². The molecule has 0 saturated carbocycles. The molecule has 2 aliphatic rings. The van der Waals surface area contributed by atoms with Crippen LogP contribution in [0, 0.1) is 0 Å². The van der Waals surface area contributed by atoms with Gasteiger partial charge in [0.05, 0.1) is 30.5 Å². The molecule has 5 rings (SSSR count). The van der Waals surface area contributed by atoms with Crippen LogP contribution in [0.2, 0.25) is 5.02 Å². The molecule has 0 bridgehead atoms. The molecule has 3 aromatic rings. The van der Waals surface area contributed by atoms with E-state index in [0.29, 0.717) is 23.6 Å². The lowest BCUT2D eigenvalue weighted by molar-refractivity contribution is -0.212. The lowest BCUT2D eigenvalue weighted by atomic mass is 9.93. The fourth-order valence-electron chi connectivity index (χ4n) is 7.56. The smallest absolute Gasteiger partial charge is 0.402 e. The Morgan fingerprint density at radius 2 is 1.44 bits per heavy atom. The van der Waals surface area contributed by atoms with Crippen molar-refractivity contribution in [3.8, 4) is 5.75 Å². The molecule has 2 fully saturated rings. The molecule has 0 radical (unpaired) electrons. The number of unbranched alkanes of at least 4 members (excludes halogenated alkanes) is 15. The van der Waals surface area contributed by atoms with Gasteiger partial charge in [-0.1, -0.05) is 127 Å². The van der Waals surface area contributed by atoms with E-state index in [0.717, 1.165) is 12.8 Å². The number of nitrogens with two attached hydrogens (primary N) is 1. The molecular formula is C41H64ClN4O8P. The minimum Gasteiger partial charge on any atom is -0.402 e. The highest BCUT2D eigenvalue weighted by atomic mass is 35.5. The van der Waals surface area contributed by atoms with Crippen molar-refractivity contribution >= 4 is 30.8 Å². The average Bonchev–Trinajstić information content (AvgIpc) is 3.82. The van der Waals surface area contributed by atoms with Crippen LogP contribution in [0.1, 0.15) is 136 Å². The van der Waals surface area contributed by atoms with Crippen molar-refractivity contribution in [1.82, 2.24) is 14.6 Å². The molecule has 14 heteroatoms. The Morgan fingerprint density at radius 3 is 2.09 bits per heavy atom. The summed E-state index contributed by atoms with van der Waals surface area (Å²) in [6, 6.07) is 10.4. The highest BCUT2D eigenvalue weighted by Crippen LogP contribution is 2.54. The predicted molar refractivity (Wildman–Crippen MR) is 215 cm³/mol. The summed E-state index contributed by atoms with van der Waals surface area (Å²) in [4.78, 5) is 4.10. The molecule has 1 unspecified atom stereocenters. The number of benzene rings is 1. The van der Waals surface area contributed by atoms with E-state index in [9.17, 15) is 4.57 Å². The van der Waals surface area contributed by atoms with Crippen LogP contribution in [0.3, 0.4) is 0 Å². The van der Waals surface area contributed by atoms with Gasteiger partial charge in [-0.3, -0.25) is 9.05 Å². The topological polar surface area (TPSA) is 138 Å². The van der Waals surface area contributed by atoms with Crippen LogP contribution >= 0.6 is 19.4 Å². The average molecular weight is 807 g/mol. The van der Waals surface area contributed by atoms with Gasteiger partial charge >= 0.3 is 7.82 Å². The third-order valence-electron chi connectivity index (χ3n) is 10.5. The van der Waals surface area contributed by atoms with Crippen LogP contribution in [0.25, 0.3) is 5.52 Å². The number of phosphoric acid groups is 1. The molecule has 2 aliphatic heterocycles. The highest BCUT2D eigenvalue weighted by Gasteiger charge is 2.62. The Kier molecular flexibility index (Phi) is 17.1. The van der Waals surface area contributed by atoms with Crippen LogP contribution in [0.4, 0.5) is 5.82 Å². The quantitative estimate of drug-likeness (QED) is 0.0582. The summed E-state index contributed by atoms with van der Waals surface area (Å²) in [7, 11) is -4.21. The van der Waals surface area contributed by atoms with Crippen molar-refractivity contribution in [3.63, 3.8) is 0 Å². The van der Waals surface area contributed by atoms with Gasteiger partial charge in [0.15, 0.2) is 11.6 Å². The van der Waals surface area contributed by atoms with E-state index in [2.05, 4.69) is 17.0 Å². The number of para-hydroxylation sites is 1. The van der Waals surface area contributed by atoms with Crippen LogP contribution < -0.4 is 10.3 Å². The lowest BCUT2D eigenvalue weighted by Gasteiger charge is -2.31. The second kappa shape index (κ2) is 21.5. The van der Waals surface area contributed by atoms with Crippen LogP contribution in [0.15, 0.2) is 42.7 Å². The zero-order valence-electron chi connectivity index (χ0n) is 33.4. The third-order valence-corrected chi connectivity index (χ3v) is 12.2. The van der Waals surface area contributed by atoms with Gasteiger partial charge in [-0.25, -0.2) is 14.1 Å². The van der Waals surface area contributed by atoms with Crippen LogP contribution in [0.5, 0.6) is 5.75 Å². The maximum absolute atomic E-state index is 14.2. The largest absolute Gasteiger partial charge is 0.530 e. The summed E-state index contributed by atoms with van der Waals surface area (Å²) in [6.45, 7) is 8.52. The molecule has 0 amide bonds. The molecule has 55 heavy (non-hydrogen) atoms. The molecule has 2 aromatic heterocycles. The first kappa shape index (κ1) is 43.8. The summed E-state index contributed by atoms with van der Waals surface area (Å²) in [5.41, 5.74) is 6.42. The molecule has 0 aliphatic carbocycles. The van der Waals surface area contributed by atoms with Gasteiger partial charge in [0, 0.05) is 6.61 Å². The van der Waals surface area contributed by atoms with Gasteiger partial charge in [-0.2, -0.15) is 5.10 Å². The van der Waals surface area contributed by atoms with Crippen molar-refractivity contribution in [3.05, 3.63) is 53.4 Å². The Balaban J connectivity index is 1.04. The van der Waals surface area contributed by atoms with Gasteiger partial charge in [0.2, 0.25) is 0 Å². The van der Waals surface area contributed by atoms with Crippen LogP contribution in [-0.2, 0) is 38.2 Å². The van der Waals surface area contributed by atoms with Crippen molar-refractivity contribution < 1.29 is 37.1 Å². The second-order valence-corrected chi connectivity index (χ2v) is 17.5. The number of aromatic nitrogens is 3. The first-order valence-electron chi connectivity index (χ1n) is 20.6. The Bertz CT molecular complexity index is 1640. The van der Waals surface area contributed by atoms with Gasteiger partial charge in [-0.15, -0.1) is 0 Å². The molecule has 0 spiro atoms. The monoisotopic (exact) mass is 806 g/mol. The molecule has 12 nitrogen and oxygen atoms in total. The van der Waals surface area contributed by atoms with E-state index in [1.54, 1.807) is 28.8 Å². The number of nitrogen functional groups attached to an aromatic ring is 1.